The summed E-state index contributed by atoms with van der Waals surface area (Å²) in [4.78, 5) is 36.3. The van der Waals surface area contributed by atoms with Crippen molar-refractivity contribution in [1.82, 2.24) is 0 Å². The van der Waals surface area contributed by atoms with E-state index in [0.717, 1.165) is 108 Å². The van der Waals surface area contributed by atoms with E-state index < -0.39 is 0 Å². The van der Waals surface area contributed by atoms with Crippen molar-refractivity contribution < 1.29 is 38.1 Å². The second-order valence-electron chi connectivity index (χ2n) is 17.3. The Hall–Kier alpha value is -4.07. The molecule has 0 aromatic heterocycles. The molecule has 0 spiro atoms. The first-order valence-electron chi connectivity index (χ1n) is 23.2. The number of benzene rings is 2. The van der Waals surface area contributed by atoms with Crippen LogP contribution >= 0.6 is 0 Å². The smallest absolute Gasteiger partial charge is 0.330 e. The lowest BCUT2D eigenvalue weighted by atomic mass is 9.69. The molecule has 2 aromatic rings. The topological polar surface area (TPSA) is 97.4 Å². The number of hydrogen-bond donors (Lipinski definition) is 0. The first-order valence-corrected chi connectivity index (χ1v) is 23.2. The molecule has 8 heteroatoms. The van der Waals surface area contributed by atoms with E-state index in [4.69, 9.17) is 23.7 Å². The van der Waals surface area contributed by atoms with E-state index in [1.807, 2.05) is 0 Å². The molecule has 1 unspecified atom stereocenters. The van der Waals surface area contributed by atoms with E-state index in [2.05, 4.69) is 61.7 Å². The second-order valence-corrected chi connectivity index (χ2v) is 17.3. The van der Waals surface area contributed by atoms with Crippen molar-refractivity contribution >= 4 is 17.9 Å². The Balaban J connectivity index is 1.03. The number of carbonyl (C=O) groups excluding carboxylic acids is 3. The summed E-state index contributed by atoms with van der Waals surface area (Å²) < 4.78 is 28.4. The van der Waals surface area contributed by atoms with Gasteiger partial charge in [-0.05, 0) is 194 Å². The SMILES string of the molecule is C=CC(=O)OCCCCCCOc1ccc(C2CCC(C(C[C@H]3CC[C@H](c4ccc(OCCCCCCOC(=O)C=C)cc4)CC3)C(=O)OC3CCCCC3)CC2)cc1. The van der Waals surface area contributed by atoms with Crippen LogP contribution in [0, 0.1) is 17.8 Å². The third-order valence-corrected chi connectivity index (χ3v) is 13.1. The molecule has 1 atom stereocenters. The lowest BCUT2D eigenvalue weighted by Gasteiger charge is -2.37. The van der Waals surface area contributed by atoms with E-state index in [-0.39, 0.29) is 29.9 Å². The normalized spacial score (nSPS) is 21.4. The zero-order valence-corrected chi connectivity index (χ0v) is 35.8. The third-order valence-electron chi connectivity index (χ3n) is 13.1. The minimum Gasteiger partial charge on any atom is -0.494 e. The maximum absolute atomic E-state index is 14.0. The van der Waals surface area contributed by atoms with Gasteiger partial charge in [0.05, 0.1) is 32.3 Å². The highest BCUT2D eigenvalue weighted by Gasteiger charge is 2.37. The molecule has 0 radical (unpaired) electrons. The summed E-state index contributed by atoms with van der Waals surface area (Å²) in [6.07, 6.45) is 25.9. The van der Waals surface area contributed by atoms with Crippen LogP contribution in [-0.2, 0) is 28.6 Å². The number of unbranched alkanes of at least 4 members (excludes halogenated alkanes) is 6. The fraction of sp³-hybridized carbons (Fsp3) is 0.627. The Bertz CT molecular complexity index is 1530. The Kier molecular flexibility index (Phi) is 20.4. The summed E-state index contributed by atoms with van der Waals surface area (Å²) in [6, 6.07) is 17.4. The van der Waals surface area contributed by atoms with Crippen LogP contribution in [0.2, 0.25) is 0 Å². The molecule has 0 aliphatic heterocycles. The minimum atomic E-state index is -0.358. The Morgan fingerprint density at radius 1 is 0.542 bits per heavy atom. The van der Waals surface area contributed by atoms with Crippen LogP contribution in [0.15, 0.2) is 73.8 Å². The fourth-order valence-electron chi connectivity index (χ4n) is 9.49. The van der Waals surface area contributed by atoms with Gasteiger partial charge in [0.15, 0.2) is 0 Å². The molecule has 59 heavy (non-hydrogen) atoms. The molecule has 0 heterocycles. The number of ether oxygens (including phenoxy) is 5. The molecule has 2 aromatic carbocycles. The molecule has 324 valence electrons. The maximum Gasteiger partial charge on any atom is 0.330 e. The van der Waals surface area contributed by atoms with Gasteiger partial charge in [-0.25, -0.2) is 9.59 Å². The second kappa shape index (κ2) is 26.2. The molecule has 8 nitrogen and oxygen atoms in total. The van der Waals surface area contributed by atoms with Gasteiger partial charge in [0, 0.05) is 12.2 Å². The zero-order chi connectivity index (χ0) is 41.5. The van der Waals surface area contributed by atoms with Crippen molar-refractivity contribution in [2.75, 3.05) is 26.4 Å². The lowest BCUT2D eigenvalue weighted by molar-refractivity contribution is -0.159. The standard InChI is InChI=1S/C51H72O8/c1-3-49(52)57-36-14-7-5-12-34-55-45-30-26-42(27-31-45)40-20-18-39(19-21-40)38-48(51(54)59-47-16-10-9-11-17-47)44-24-22-41(23-25-44)43-28-32-46(33-29-43)56-35-13-6-8-15-37-58-50(53)4-2/h3-4,26-33,39-41,44,47-48H,1-2,5-25,34-38H2/t39-,40-,41?,44?,48?. The molecule has 3 fully saturated rings. The van der Waals surface area contributed by atoms with Gasteiger partial charge in [-0.15, -0.1) is 0 Å². The first kappa shape index (κ1) is 46.0. The van der Waals surface area contributed by atoms with Gasteiger partial charge in [0.2, 0.25) is 0 Å². The van der Waals surface area contributed by atoms with Crippen LogP contribution in [-0.4, -0.2) is 50.4 Å². The van der Waals surface area contributed by atoms with Crippen molar-refractivity contribution in [2.45, 2.75) is 159 Å². The molecule has 3 aliphatic rings. The van der Waals surface area contributed by atoms with E-state index in [1.165, 1.54) is 68.2 Å². The predicted octanol–water partition coefficient (Wildman–Crippen LogP) is 12.2. The zero-order valence-electron chi connectivity index (χ0n) is 35.8. The largest absolute Gasteiger partial charge is 0.494 e. The van der Waals surface area contributed by atoms with Crippen LogP contribution in [0.4, 0.5) is 0 Å². The molecule has 3 saturated carbocycles. The summed E-state index contributed by atoms with van der Waals surface area (Å²) in [5.41, 5.74) is 2.77. The molecule has 0 saturated heterocycles. The Labute approximate surface area is 354 Å². The highest BCUT2D eigenvalue weighted by Crippen LogP contribution is 2.45. The van der Waals surface area contributed by atoms with Crippen molar-refractivity contribution in [3.05, 3.63) is 85.0 Å². The number of esters is 3. The van der Waals surface area contributed by atoms with Crippen LogP contribution < -0.4 is 9.47 Å². The monoisotopic (exact) mass is 813 g/mol. The molecule has 0 bridgehead atoms. The third kappa shape index (κ3) is 16.5. The van der Waals surface area contributed by atoms with E-state index >= 15 is 0 Å². The van der Waals surface area contributed by atoms with Crippen molar-refractivity contribution in [3.8, 4) is 11.5 Å². The van der Waals surface area contributed by atoms with E-state index in [0.29, 0.717) is 50.1 Å². The van der Waals surface area contributed by atoms with E-state index in [1.54, 1.807) is 0 Å². The molecular formula is C51H72O8. The summed E-state index contributed by atoms with van der Waals surface area (Å²) in [7, 11) is 0. The number of carbonyl (C=O) groups is 3. The average Bonchev–Trinajstić information content (AvgIpc) is 3.28. The summed E-state index contributed by atoms with van der Waals surface area (Å²) in [5, 5.41) is 0. The highest BCUT2D eigenvalue weighted by molar-refractivity contribution is 5.81. The van der Waals surface area contributed by atoms with E-state index in [9.17, 15) is 14.4 Å². The van der Waals surface area contributed by atoms with Crippen LogP contribution in [0.25, 0.3) is 0 Å². The van der Waals surface area contributed by atoms with Gasteiger partial charge in [0.1, 0.15) is 17.6 Å². The summed E-state index contributed by atoms with van der Waals surface area (Å²) in [6.45, 7) is 9.10. The first-order chi connectivity index (χ1) is 28.9. The van der Waals surface area contributed by atoms with Crippen molar-refractivity contribution in [1.29, 1.82) is 0 Å². The van der Waals surface area contributed by atoms with Gasteiger partial charge in [-0.1, -0.05) is 43.8 Å². The molecular weight excluding hydrogens is 741 g/mol. The number of rotatable bonds is 25. The van der Waals surface area contributed by atoms with Gasteiger partial charge in [-0.2, -0.15) is 0 Å². The molecule has 0 amide bonds. The molecule has 0 N–H and O–H groups in total. The fourth-order valence-corrected chi connectivity index (χ4v) is 9.49. The van der Waals surface area contributed by atoms with Gasteiger partial charge >= 0.3 is 17.9 Å². The average molecular weight is 813 g/mol. The quantitative estimate of drug-likeness (QED) is 0.0423. The van der Waals surface area contributed by atoms with Crippen LogP contribution in [0.3, 0.4) is 0 Å². The van der Waals surface area contributed by atoms with Crippen LogP contribution in [0.1, 0.15) is 164 Å². The predicted molar refractivity (Wildman–Crippen MR) is 234 cm³/mol. The molecule has 3 aliphatic carbocycles. The van der Waals surface area contributed by atoms with Crippen molar-refractivity contribution in [3.63, 3.8) is 0 Å². The summed E-state index contributed by atoms with van der Waals surface area (Å²) in [5.74, 6) is 3.25. The van der Waals surface area contributed by atoms with Crippen molar-refractivity contribution in [2.24, 2.45) is 17.8 Å². The Morgan fingerprint density at radius 3 is 1.44 bits per heavy atom. The lowest BCUT2D eigenvalue weighted by Crippen LogP contribution is -2.34. The van der Waals surface area contributed by atoms with Gasteiger partial charge < -0.3 is 23.7 Å². The minimum absolute atomic E-state index is 0.00332. The Morgan fingerprint density at radius 2 is 0.983 bits per heavy atom. The highest BCUT2D eigenvalue weighted by atomic mass is 16.5. The van der Waals surface area contributed by atoms with Gasteiger partial charge in [0.25, 0.3) is 0 Å². The molecule has 5 rings (SSSR count). The van der Waals surface area contributed by atoms with Crippen LogP contribution in [0.5, 0.6) is 11.5 Å². The maximum atomic E-state index is 14.0. The number of hydrogen-bond acceptors (Lipinski definition) is 8. The summed E-state index contributed by atoms with van der Waals surface area (Å²) >= 11 is 0. The van der Waals surface area contributed by atoms with Gasteiger partial charge in [-0.3, -0.25) is 4.79 Å².